The molecule has 1 saturated heterocycles. The highest BCUT2D eigenvalue weighted by atomic mass is 32.2. The van der Waals surface area contributed by atoms with Crippen LogP contribution < -0.4 is 5.32 Å². The van der Waals surface area contributed by atoms with Gasteiger partial charge in [-0.25, -0.2) is 13.4 Å². The van der Waals surface area contributed by atoms with E-state index in [0.717, 1.165) is 0 Å². The molecule has 1 aliphatic heterocycles. The quantitative estimate of drug-likeness (QED) is 0.713. The highest BCUT2D eigenvalue weighted by Gasteiger charge is 2.27. The summed E-state index contributed by atoms with van der Waals surface area (Å²) in [7, 11) is -1.56. The Kier molecular flexibility index (Phi) is 4.72. The lowest BCUT2D eigenvalue weighted by Crippen LogP contribution is -2.46. The fourth-order valence-corrected chi connectivity index (χ4v) is 5.29. The van der Waals surface area contributed by atoms with E-state index in [1.54, 1.807) is 30.3 Å². The van der Waals surface area contributed by atoms with Gasteiger partial charge in [0.15, 0.2) is 10.9 Å². The number of thiazole rings is 1. The average molecular weight is 406 g/mol. The van der Waals surface area contributed by atoms with Gasteiger partial charge in [0.05, 0.1) is 21.4 Å². The third-order valence-corrected chi connectivity index (χ3v) is 7.25. The Labute approximate surface area is 160 Å². The third-order valence-electron chi connectivity index (χ3n) is 4.43. The van der Waals surface area contributed by atoms with E-state index in [0.29, 0.717) is 41.5 Å². The van der Waals surface area contributed by atoms with Gasteiger partial charge in [-0.1, -0.05) is 11.3 Å². The van der Waals surface area contributed by atoms with Crippen molar-refractivity contribution >= 4 is 42.6 Å². The predicted octanol–water partition coefficient (Wildman–Crippen LogP) is 2.08. The molecule has 0 bridgehead atoms. The van der Waals surface area contributed by atoms with E-state index in [1.807, 2.05) is 7.05 Å². The normalized spacial score (nSPS) is 16.6. The summed E-state index contributed by atoms with van der Waals surface area (Å²) in [6.45, 7) is 2.38. The fourth-order valence-electron chi connectivity index (χ4n) is 2.86. The molecule has 0 aliphatic carbocycles. The molecule has 1 N–H and O–H groups in total. The second kappa shape index (κ2) is 7.04. The molecule has 8 nitrogen and oxygen atoms in total. The number of nitrogens with zero attached hydrogens (tertiary/aromatic N) is 3. The summed E-state index contributed by atoms with van der Waals surface area (Å²) in [5.74, 6) is -0.211. The molecular weight excluding hydrogens is 388 g/mol. The summed E-state index contributed by atoms with van der Waals surface area (Å²) >= 11 is 1.22. The van der Waals surface area contributed by atoms with Gasteiger partial charge < -0.3 is 9.32 Å². The second-order valence-corrected chi connectivity index (χ2v) is 9.26. The Morgan fingerprint density at radius 3 is 2.70 bits per heavy atom. The maximum absolute atomic E-state index is 12.9. The molecule has 10 heteroatoms. The number of amides is 1. The Hall–Kier alpha value is -2.27. The number of benzene rings is 1. The van der Waals surface area contributed by atoms with Crippen LogP contribution in [0.5, 0.6) is 0 Å². The summed E-state index contributed by atoms with van der Waals surface area (Å²) in [6.07, 6.45) is 1.42. The SMILES string of the molecule is CN1CCN(S(=O)(=O)c2ccc3nc(NC(=O)c4ccco4)sc3c2)CC1. The molecule has 3 heterocycles. The van der Waals surface area contributed by atoms with E-state index in [9.17, 15) is 13.2 Å². The standard InChI is InChI=1S/C17H18N4O4S2/c1-20-6-8-21(9-7-20)27(23,24)12-4-5-13-15(11-12)26-17(18-13)19-16(22)14-3-2-10-25-14/h2-5,10-11H,6-9H2,1H3,(H,18,19,22). The molecule has 2 aromatic heterocycles. The summed E-state index contributed by atoms with van der Waals surface area (Å²) in [4.78, 5) is 18.8. The van der Waals surface area contributed by atoms with Crippen LogP contribution in [0.2, 0.25) is 0 Å². The van der Waals surface area contributed by atoms with Gasteiger partial charge in [0.2, 0.25) is 10.0 Å². The van der Waals surface area contributed by atoms with Crippen molar-refractivity contribution in [3.05, 3.63) is 42.4 Å². The maximum Gasteiger partial charge on any atom is 0.293 e. The smallest absolute Gasteiger partial charge is 0.293 e. The van der Waals surface area contributed by atoms with Gasteiger partial charge in [0.1, 0.15) is 0 Å². The van der Waals surface area contributed by atoms with Crippen molar-refractivity contribution < 1.29 is 17.6 Å². The molecule has 1 fully saturated rings. The second-order valence-electron chi connectivity index (χ2n) is 6.29. The average Bonchev–Trinajstić information content (AvgIpc) is 3.30. The molecule has 142 valence electrons. The number of nitrogens with one attached hydrogen (secondary N) is 1. The van der Waals surface area contributed by atoms with Crippen LogP contribution in [-0.4, -0.2) is 61.7 Å². The maximum atomic E-state index is 12.9. The number of carbonyl (C=O) groups excluding carboxylic acids is 1. The third kappa shape index (κ3) is 3.61. The molecule has 0 spiro atoms. The Balaban J connectivity index is 1.58. The largest absolute Gasteiger partial charge is 0.459 e. The number of fused-ring (bicyclic) bond motifs is 1. The van der Waals surface area contributed by atoms with Crippen LogP contribution in [0.25, 0.3) is 10.2 Å². The first-order chi connectivity index (χ1) is 12.9. The van der Waals surface area contributed by atoms with E-state index < -0.39 is 15.9 Å². The van der Waals surface area contributed by atoms with Crippen LogP contribution in [0.4, 0.5) is 5.13 Å². The molecule has 1 amide bonds. The molecule has 0 radical (unpaired) electrons. The molecule has 1 aliphatic rings. The van der Waals surface area contributed by atoms with E-state index >= 15 is 0 Å². The number of carbonyl (C=O) groups is 1. The van der Waals surface area contributed by atoms with Crippen molar-refractivity contribution in [1.82, 2.24) is 14.2 Å². The van der Waals surface area contributed by atoms with Crippen molar-refractivity contribution in [2.24, 2.45) is 0 Å². The molecule has 1 aromatic carbocycles. The Morgan fingerprint density at radius 2 is 2.00 bits per heavy atom. The summed E-state index contributed by atoms with van der Waals surface area (Å²) < 4.78 is 33.0. The summed E-state index contributed by atoms with van der Waals surface area (Å²) in [6, 6.07) is 8.03. The lowest BCUT2D eigenvalue weighted by molar-refractivity contribution is 0.0996. The monoisotopic (exact) mass is 406 g/mol. The fraction of sp³-hybridized carbons (Fsp3) is 0.294. The topological polar surface area (TPSA) is 95.8 Å². The van der Waals surface area contributed by atoms with Crippen molar-refractivity contribution in [3.8, 4) is 0 Å². The zero-order chi connectivity index (χ0) is 19.0. The number of furan rings is 1. The summed E-state index contributed by atoms with van der Waals surface area (Å²) in [5, 5.41) is 3.06. The number of aromatic nitrogens is 1. The molecule has 0 saturated carbocycles. The first-order valence-electron chi connectivity index (χ1n) is 8.37. The molecule has 3 aromatic rings. The van der Waals surface area contributed by atoms with E-state index in [2.05, 4.69) is 15.2 Å². The van der Waals surface area contributed by atoms with Gasteiger partial charge in [-0.15, -0.1) is 0 Å². The zero-order valence-corrected chi connectivity index (χ0v) is 16.2. The van der Waals surface area contributed by atoms with Crippen molar-refractivity contribution in [1.29, 1.82) is 0 Å². The summed E-state index contributed by atoms with van der Waals surface area (Å²) in [5.41, 5.74) is 0.632. The van der Waals surface area contributed by atoms with Crippen LogP contribution in [0.15, 0.2) is 45.9 Å². The van der Waals surface area contributed by atoms with Crippen LogP contribution in [-0.2, 0) is 10.0 Å². The van der Waals surface area contributed by atoms with E-state index in [4.69, 9.17) is 4.42 Å². The highest BCUT2D eigenvalue weighted by molar-refractivity contribution is 7.89. The molecule has 27 heavy (non-hydrogen) atoms. The van der Waals surface area contributed by atoms with Gasteiger partial charge in [0, 0.05) is 26.2 Å². The lowest BCUT2D eigenvalue weighted by atomic mass is 10.3. The minimum atomic E-state index is -3.54. The van der Waals surface area contributed by atoms with Crippen LogP contribution in [0.1, 0.15) is 10.6 Å². The van der Waals surface area contributed by atoms with Crippen LogP contribution in [0, 0.1) is 0 Å². The van der Waals surface area contributed by atoms with Gasteiger partial charge in [-0.05, 0) is 37.4 Å². The molecule has 0 atom stereocenters. The van der Waals surface area contributed by atoms with E-state index in [1.165, 1.54) is 21.9 Å². The van der Waals surface area contributed by atoms with Crippen molar-refractivity contribution in [2.75, 3.05) is 38.5 Å². The van der Waals surface area contributed by atoms with Crippen LogP contribution in [0.3, 0.4) is 0 Å². The van der Waals surface area contributed by atoms with Crippen LogP contribution >= 0.6 is 11.3 Å². The number of hydrogen-bond donors (Lipinski definition) is 1. The van der Waals surface area contributed by atoms with Gasteiger partial charge in [0.25, 0.3) is 5.91 Å². The number of rotatable bonds is 4. The van der Waals surface area contributed by atoms with Crippen molar-refractivity contribution in [2.45, 2.75) is 4.90 Å². The zero-order valence-electron chi connectivity index (χ0n) is 14.6. The van der Waals surface area contributed by atoms with Gasteiger partial charge >= 0.3 is 0 Å². The lowest BCUT2D eigenvalue weighted by Gasteiger charge is -2.31. The molecular formula is C17H18N4O4S2. The Morgan fingerprint density at radius 1 is 1.22 bits per heavy atom. The van der Waals surface area contributed by atoms with Crippen molar-refractivity contribution in [3.63, 3.8) is 0 Å². The first kappa shape index (κ1) is 18.1. The number of piperazine rings is 1. The number of sulfonamides is 1. The number of anilines is 1. The predicted molar refractivity (Wildman–Crippen MR) is 103 cm³/mol. The molecule has 0 unspecified atom stereocenters. The van der Waals surface area contributed by atoms with E-state index in [-0.39, 0.29) is 10.7 Å². The first-order valence-corrected chi connectivity index (χ1v) is 10.6. The number of hydrogen-bond acceptors (Lipinski definition) is 7. The minimum Gasteiger partial charge on any atom is -0.459 e. The van der Waals surface area contributed by atoms with Gasteiger partial charge in [-0.3, -0.25) is 10.1 Å². The Bertz CT molecular complexity index is 1070. The number of likely N-dealkylation sites (N-methyl/N-ethyl adjacent to an activating group) is 1. The van der Waals surface area contributed by atoms with Gasteiger partial charge in [-0.2, -0.15) is 4.31 Å². The highest BCUT2D eigenvalue weighted by Crippen LogP contribution is 2.29. The minimum absolute atomic E-state index is 0.188. The molecule has 4 rings (SSSR count).